The van der Waals surface area contributed by atoms with E-state index in [1.54, 1.807) is 47.2 Å². The van der Waals surface area contributed by atoms with Gasteiger partial charge in [0.25, 0.3) is 11.8 Å². The molecule has 1 saturated heterocycles. The van der Waals surface area contributed by atoms with Crippen molar-refractivity contribution in [3.8, 4) is 5.69 Å². The highest BCUT2D eigenvalue weighted by atomic mass is 32.2. The molecule has 0 bridgehead atoms. The molecule has 3 aromatic rings. The van der Waals surface area contributed by atoms with Crippen LogP contribution in [0.1, 0.15) is 11.3 Å². The van der Waals surface area contributed by atoms with Crippen molar-refractivity contribution < 1.29 is 18.0 Å². The summed E-state index contributed by atoms with van der Waals surface area (Å²) in [5.74, 6) is -0.957. The number of carbonyl (C=O) groups excluding carboxylic acids is 2. The van der Waals surface area contributed by atoms with E-state index in [1.165, 1.54) is 23.2 Å². The first-order valence-corrected chi connectivity index (χ1v) is 10.5. The molecule has 30 heavy (non-hydrogen) atoms. The third-order valence-electron chi connectivity index (χ3n) is 4.67. The molecule has 1 aliphatic heterocycles. The molecule has 0 radical (unpaired) electrons. The fourth-order valence-corrected chi connectivity index (χ4v) is 3.71. The molecular weight excluding hydrogens is 404 g/mol. The van der Waals surface area contributed by atoms with E-state index in [0.717, 1.165) is 5.56 Å². The van der Waals surface area contributed by atoms with Gasteiger partial charge in [0.05, 0.1) is 10.6 Å². The molecule has 2 amide bonds. The lowest BCUT2D eigenvalue weighted by molar-refractivity contribution is -0.117. The lowest BCUT2D eigenvalue weighted by Gasteiger charge is -2.14. The Labute approximate surface area is 173 Å². The fourth-order valence-electron chi connectivity index (χ4n) is 3.20. The van der Waals surface area contributed by atoms with Crippen LogP contribution >= 0.6 is 0 Å². The number of amides is 2. The second-order valence-corrected chi connectivity index (χ2v) is 8.38. The van der Waals surface area contributed by atoms with Crippen LogP contribution in [0.5, 0.6) is 0 Å². The monoisotopic (exact) mass is 422 g/mol. The maximum absolute atomic E-state index is 12.8. The normalized spacial score (nSPS) is 15.7. The largest absolute Gasteiger partial charge is 0.317 e. The van der Waals surface area contributed by atoms with Gasteiger partial charge >= 0.3 is 0 Å². The molecule has 0 unspecified atom stereocenters. The minimum atomic E-state index is -3.79. The van der Waals surface area contributed by atoms with Gasteiger partial charge in [0, 0.05) is 17.6 Å². The Bertz CT molecular complexity index is 1290. The zero-order valence-corrected chi connectivity index (χ0v) is 16.8. The first-order valence-electron chi connectivity index (χ1n) is 8.98. The Morgan fingerprint density at radius 2 is 1.70 bits per heavy atom. The van der Waals surface area contributed by atoms with Crippen LogP contribution in [-0.4, -0.2) is 24.8 Å². The predicted molar refractivity (Wildman–Crippen MR) is 112 cm³/mol. The van der Waals surface area contributed by atoms with E-state index < -0.39 is 21.8 Å². The van der Waals surface area contributed by atoms with Crippen LogP contribution in [0.2, 0.25) is 0 Å². The third kappa shape index (κ3) is 3.63. The van der Waals surface area contributed by atoms with Gasteiger partial charge in [-0.1, -0.05) is 12.1 Å². The number of hydrogen-bond acceptors (Lipinski definition) is 4. The molecule has 1 fully saturated rings. The van der Waals surface area contributed by atoms with E-state index in [-0.39, 0.29) is 10.5 Å². The van der Waals surface area contributed by atoms with Crippen molar-refractivity contribution in [1.82, 2.24) is 9.99 Å². The average Bonchev–Trinajstić information content (AvgIpc) is 3.27. The quantitative estimate of drug-likeness (QED) is 0.494. The van der Waals surface area contributed by atoms with Gasteiger partial charge < -0.3 is 4.57 Å². The lowest BCUT2D eigenvalue weighted by atomic mass is 10.2. The molecular formula is C21H18N4O4S. The minimum Gasteiger partial charge on any atom is -0.317 e. The summed E-state index contributed by atoms with van der Waals surface area (Å²) in [4.78, 5) is 25.3. The summed E-state index contributed by atoms with van der Waals surface area (Å²) in [6.45, 7) is 1.90. The van der Waals surface area contributed by atoms with Gasteiger partial charge in [-0.15, -0.1) is 0 Å². The number of primary sulfonamides is 1. The molecule has 1 aliphatic rings. The smallest absolute Gasteiger partial charge is 0.282 e. The van der Waals surface area contributed by atoms with E-state index >= 15 is 0 Å². The maximum atomic E-state index is 12.8. The highest BCUT2D eigenvalue weighted by Gasteiger charge is 2.34. The Balaban J connectivity index is 1.67. The predicted octanol–water partition coefficient (Wildman–Crippen LogP) is 1.89. The van der Waals surface area contributed by atoms with E-state index in [2.05, 4.69) is 5.43 Å². The Morgan fingerprint density at radius 3 is 2.37 bits per heavy atom. The molecule has 2 heterocycles. The molecule has 0 atom stereocenters. The van der Waals surface area contributed by atoms with E-state index in [0.29, 0.717) is 17.1 Å². The lowest BCUT2D eigenvalue weighted by Crippen LogP contribution is -2.35. The number of aryl methyl sites for hydroxylation is 1. The number of nitrogens with two attached hydrogens (primary N) is 1. The highest BCUT2D eigenvalue weighted by Crippen LogP contribution is 2.23. The first-order chi connectivity index (χ1) is 14.2. The van der Waals surface area contributed by atoms with Gasteiger partial charge in [-0.05, 0) is 67.1 Å². The number of hydrazine groups is 1. The van der Waals surface area contributed by atoms with Gasteiger partial charge in [0.15, 0.2) is 0 Å². The fraction of sp³-hybridized carbons (Fsp3) is 0.0476. The van der Waals surface area contributed by atoms with Gasteiger partial charge in [-0.2, -0.15) is 0 Å². The Morgan fingerprint density at radius 1 is 0.967 bits per heavy atom. The third-order valence-corrected chi connectivity index (χ3v) is 5.60. The van der Waals surface area contributed by atoms with Crippen molar-refractivity contribution in [3.63, 3.8) is 0 Å². The summed E-state index contributed by atoms with van der Waals surface area (Å²) in [6.07, 6.45) is 3.25. The zero-order chi connectivity index (χ0) is 21.5. The summed E-state index contributed by atoms with van der Waals surface area (Å²) in [5.41, 5.74) is 5.35. The zero-order valence-electron chi connectivity index (χ0n) is 15.9. The summed E-state index contributed by atoms with van der Waals surface area (Å²) in [7, 11) is -3.79. The number of sulfonamides is 1. The molecule has 1 aromatic heterocycles. The topological polar surface area (TPSA) is 114 Å². The first kappa shape index (κ1) is 19.6. The van der Waals surface area contributed by atoms with Gasteiger partial charge in [0.1, 0.15) is 5.57 Å². The molecule has 9 heteroatoms. The molecule has 2 aromatic carbocycles. The van der Waals surface area contributed by atoms with Crippen LogP contribution in [-0.2, 0) is 19.6 Å². The van der Waals surface area contributed by atoms with Crippen LogP contribution < -0.4 is 15.6 Å². The number of aromatic nitrogens is 1. The Kier molecular flexibility index (Phi) is 4.76. The number of rotatable bonds is 4. The average molecular weight is 422 g/mol. The molecule has 0 aliphatic carbocycles. The summed E-state index contributed by atoms with van der Waals surface area (Å²) < 4.78 is 24.6. The highest BCUT2D eigenvalue weighted by molar-refractivity contribution is 7.89. The van der Waals surface area contributed by atoms with E-state index in [4.69, 9.17) is 5.14 Å². The van der Waals surface area contributed by atoms with Crippen LogP contribution in [0.15, 0.2) is 77.3 Å². The molecule has 0 saturated carbocycles. The van der Waals surface area contributed by atoms with E-state index in [9.17, 15) is 18.0 Å². The van der Waals surface area contributed by atoms with Crippen LogP contribution in [0, 0.1) is 6.92 Å². The van der Waals surface area contributed by atoms with Crippen LogP contribution in [0.4, 0.5) is 5.69 Å². The van der Waals surface area contributed by atoms with Crippen molar-refractivity contribution >= 4 is 33.6 Å². The Hall–Kier alpha value is -3.69. The number of nitrogens with zero attached hydrogens (tertiary/aromatic N) is 2. The SMILES string of the molecule is Cc1cccc(N2NC(=O)/C(=C\c3cccn3-c3ccc(S(N)(=O)=O)cc3)C2=O)c1. The number of benzene rings is 2. The molecule has 3 N–H and O–H groups in total. The molecule has 4 rings (SSSR count). The second kappa shape index (κ2) is 7.29. The van der Waals surface area contributed by atoms with Crippen molar-refractivity contribution in [2.45, 2.75) is 11.8 Å². The van der Waals surface area contributed by atoms with Crippen molar-refractivity contribution in [1.29, 1.82) is 0 Å². The van der Waals surface area contributed by atoms with Crippen molar-refractivity contribution in [3.05, 3.63) is 83.7 Å². The summed E-state index contributed by atoms with van der Waals surface area (Å²) in [5, 5.41) is 6.35. The van der Waals surface area contributed by atoms with Crippen LogP contribution in [0.3, 0.4) is 0 Å². The summed E-state index contributed by atoms with van der Waals surface area (Å²) >= 11 is 0. The minimum absolute atomic E-state index is 0.00221. The standard InChI is InChI=1S/C21H18N4O4S/c1-14-4-2-5-17(12-14)25-21(27)19(20(26)23-25)13-16-6-3-11-24(16)15-7-9-18(10-8-15)30(22,28)29/h2-13H,1H3,(H,23,26)(H2,22,28,29)/b19-13+. The van der Waals surface area contributed by atoms with E-state index in [1.807, 2.05) is 19.1 Å². The molecule has 8 nitrogen and oxygen atoms in total. The van der Waals surface area contributed by atoms with Crippen molar-refractivity contribution in [2.24, 2.45) is 5.14 Å². The van der Waals surface area contributed by atoms with Gasteiger partial charge in [-0.3, -0.25) is 15.0 Å². The second-order valence-electron chi connectivity index (χ2n) is 6.82. The molecule has 152 valence electrons. The van der Waals surface area contributed by atoms with Gasteiger partial charge in [0.2, 0.25) is 10.0 Å². The number of anilines is 1. The van der Waals surface area contributed by atoms with Crippen molar-refractivity contribution in [2.75, 3.05) is 5.01 Å². The maximum Gasteiger partial charge on any atom is 0.282 e. The van der Waals surface area contributed by atoms with Gasteiger partial charge in [-0.25, -0.2) is 18.6 Å². The number of carbonyl (C=O) groups is 2. The number of nitrogens with one attached hydrogen (secondary N) is 1. The molecule has 0 spiro atoms. The summed E-state index contributed by atoms with van der Waals surface area (Å²) in [6, 6.07) is 16.7. The van der Waals surface area contributed by atoms with Crippen LogP contribution in [0.25, 0.3) is 11.8 Å². The number of hydrogen-bond donors (Lipinski definition) is 2.